The number of aromatic nitrogens is 1. The van der Waals surface area contributed by atoms with Crippen LogP contribution in [-0.4, -0.2) is 18.3 Å². The van der Waals surface area contributed by atoms with Crippen molar-refractivity contribution < 1.29 is 9.47 Å². The van der Waals surface area contributed by atoms with Crippen LogP contribution in [0.3, 0.4) is 0 Å². The minimum Gasteiger partial charge on any atom is -0.496 e. The van der Waals surface area contributed by atoms with Crippen LogP contribution >= 0.6 is 22.9 Å². The molecule has 0 aliphatic heterocycles. The van der Waals surface area contributed by atoms with E-state index in [1.54, 1.807) is 24.8 Å². The molecule has 0 saturated carbocycles. The Morgan fingerprint density at radius 2 is 2.12 bits per heavy atom. The van der Waals surface area contributed by atoms with E-state index in [9.17, 15) is 0 Å². The van der Waals surface area contributed by atoms with Crippen LogP contribution < -0.4 is 20.6 Å². The van der Waals surface area contributed by atoms with E-state index in [-0.39, 0.29) is 0 Å². The Balaban J connectivity index is 1.70. The lowest BCUT2D eigenvalue weighted by atomic mass is 10.1. The van der Waals surface area contributed by atoms with Gasteiger partial charge in [0.25, 0.3) is 0 Å². The number of hydrogen-bond acceptors (Lipinski definition) is 7. The van der Waals surface area contributed by atoms with E-state index in [0.29, 0.717) is 28.3 Å². The molecule has 0 aliphatic carbocycles. The first-order valence-electron chi connectivity index (χ1n) is 7.70. The standard InChI is InChI=1S/C18H17ClN4O2S/c1-24-15-7-6-12(9-21-23-18-22-17(20)11-26-18)8-13(15)10-25-16-5-3-2-4-14(16)19/h2-9,11H,10,20H2,1H3,(H,22,23). The smallest absolute Gasteiger partial charge is 0.205 e. The molecule has 26 heavy (non-hydrogen) atoms. The maximum Gasteiger partial charge on any atom is 0.205 e. The number of methoxy groups -OCH3 is 1. The number of nitrogen functional groups attached to an aromatic ring is 1. The van der Waals surface area contributed by atoms with Crippen molar-refractivity contribution in [3.8, 4) is 11.5 Å². The van der Waals surface area contributed by atoms with E-state index >= 15 is 0 Å². The first-order valence-corrected chi connectivity index (χ1v) is 8.96. The van der Waals surface area contributed by atoms with Crippen molar-refractivity contribution in [1.82, 2.24) is 4.98 Å². The van der Waals surface area contributed by atoms with Crippen LogP contribution in [0, 0.1) is 0 Å². The molecule has 3 N–H and O–H groups in total. The van der Waals surface area contributed by atoms with Gasteiger partial charge < -0.3 is 15.2 Å². The van der Waals surface area contributed by atoms with Gasteiger partial charge in [0.2, 0.25) is 5.13 Å². The number of ether oxygens (including phenoxy) is 2. The highest BCUT2D eigenvalue weighted by Gasteiger charge is 2.07. The number of anilines is 2. The van der Waals surface area contributed by atoms with Crippen molar-refractivity contribution in [1.29, 1.82) is 0 Å². The lowest BCUT2D eigenvalue weighted by Gasteiger charge is -2.12. The average Bonchev–Trinajstić information content (AvgIpc) is 3.06. The van der Waals surface area contributed by atoms with Crippen molar-refractivity contribution in [2.75, 3.05) is 18.3 Å². The van der Waals surface area contributed by atoms with Gasteiger partial charge in [-0.2, -0.15) is 5.10 Å². The minimum atomic E-state index is 0.324. The zero-order chi connectivity index (χ0) is 18.4. The summed E-state index contributed by atoms with van der Waals surface area (Å²) in [5.41, 5.74) is 10.2. The SMILES string of the molecule is COc1ccc(C=NNc2nc(N)cs2)cc1COc1ccccc1Cl. The zero-order valence-electron chi connectivity index (χ0n) is 14.0. The van der Waals surface area contributed by atoms with Crippen LogP contribution in [0.2, 0.25) is 5.02 Å². The summed E-state index contributed by atoms with van der Waals surface area (Å²) >= 11 is 7.51. The fourth-order valence-electron chi connectivity index (χ4n) is 2.21. The van der Waals surface area contributed by atoms with Crippen LogP contribution in [-0.2, 0) is 6.61 Å². The van der Waals surface area contributed by atoms with Gasteiger partial charge in [-0.3, -0.25) is 5.43 Å². The summed E-state index contributed by atoms with van der Waals surface area (Å²) in [6, 6.07) is 13.1. The number of nitrogens with two attached hydrogens (primary N) is 1. The lowest BCUT2D eigenvalue weighted by Crippen LogP contribution is -2.00. The summed E-state index contributed by atoms with van der Waals surface area (Å²) in [5.74, 6) is 1.82. The van der Waals surface area contributed by atoms with Crippen LogP contribution in [0.25, 0.3) is 0 Å². The Labute approximate surface area is 160 Å². The molecule has 6 nitrogen and oxygen atoms in total. The lowest BCUT2D eigenvalue weighted by molar-refractivity contribution is 0.297. The number of halogens is 1. The van der Waals surface area contributed by atoms with E-state index in [2.05, 4.69) is 15.5 Å². The molecule has 0 amide bonds. The third-order valence-corrected chi connectivity index (χ3v) is 4.50. The van der Waals surface area contributed by atoms with Gasteiger partial charge in [-0.25, -0.2) is 4.98 Å². The topological polar surface area (TPSA) is 81.8 Å². The minimum absolute atomic E-state index is 0.324. The number of rotatable bonds is 7. The second-order valence-electron chi connectivity index (χ2n) is 5.24. The molecule has 0 saturated heterocycles. The molecular formula is C18H17ClN4O2S. The van der Waals surface area contributed by atoms with E-state index in [0.717, 1.165) is 16.9 Å². The highest BCUT2D eigenvalue weighted by molar-refractivity contribution is 7.14. The van der Waals surface area contributed by atoms with Crippen LogP contribution in [0.5, 0.6) is 11.5 Å². The average molecular weight is 389 g/mol. The number of hydrogen-bond donors (Lipinski definition) is 2. The zero-order valence-corrected chi connectivity index (χ0v) is 15.6. The molecule has 0 radical (unpaired) electrons. The highest BCUT2D eigenvalue weighted by atomic mass is 35.5. The third kappa shape index (κ3) is 4.65. The Morgan fingerprint density at radius 1 is 1.27 bits per heavy atom. The molecule has 0 fully saturated rings. The maximum absolute atomic E-state index is 6.12. The van der Waals surface area contributed by atoms with Gasteiger partial charge in [-0.1, -0.05) is 23.7 Å². The summed E-state index contributed by atoms with van der Waals surface area (Å²) in [7, 11) is 1.62. The molecule has 3 rings (SSSR count). The molecule has 0 aliphatic rings. The Hall–Kier alpha value is -2.77. The largest absolute Gasteiger partial charge is 0.496 e. The van der Waals surface area contributed by atoms with Crippen molar-refractivity contribution >= 4 is 40.1 Å². The van der Waals surface area contributed by atoms with Crippen LogP contribution in [0.4, 0.5) is 10.9 Å². The summed E-state index contributed by atoms with van der Waals surface area (Å²) < 4.78 is 11.2. The molecule has 0 spiro atoms. The van der Waals surface area contributed by atoms with E-state index in [1.807, 2.05) is 36.4 Å². The van der Waals surface area contributed by atoms with Crippen LogP contribution in [0.15, 0.2) is 52.9 Å². The number of hydrazone groups is 1. The molecule has 2 aromatic carbocycles. The van der Waals surface area contributed by atoms with E-state index in [1.165, 1.54) is 11.3 Å². The summed E-state index contributed by atoms with van der Waals surface area (Å²) in [6.45, 7) is 0.324. The van der Waals surface area contributed by atoms with Gasteiger partial charge in [0.1, 0.15) is 23.9 Å². The highest BCUT2D eigenvalue weighted by Crippen LogP contribution is 2.26. The number of nitrogens with zero attached hydrogens (tertiary/aromatic N) is 2. The van der Waals surface area contributed by atoms with Gasteiger partial charge in [-0.15, -0.1) is 11.3 Å². The molecule has 8 heteroatoms. The quantitative estimate of drug-likeness (QED) is 0.462. The molecule has 0 bridgehead atoms. The second kappa shape index (κ2) is 8.55. The molecule has 134 valence electrons. The Kier molecular flexibility index (Phi) is 5.93. The fraction of sp³-hybridized carbons (Fsp3) is 0.111. The van der Waals surface area contributed by atoms with Crippen molar-refractivity contribution in [3.63, 3.8) is 0 Å². The van der Waals surface area contributed by atoms with E-state index < -0.39 is 0 Å². The normalized spacial score (nSPS) is 10.8. The monoisotopic (exact) mass is 388 g/mol. The number of benzene rings is 2. The first kappa shape index (κ1) is 18.0. The van der Waals surface area contributed by atoms with Gasteiger partial charge in [0.05, 0.1) is 18.3 Å². The maximum atomic E-state index is 6.12. The predicted octanol–water partition coefficient (Wildman–Crippen LogP) is 4.41. The molecule has 1 aromatic heterocycles. The van der Waals surface area contributed by atoms with Crippen molar-refractivity contribution in [2.45, 2.75) is 6.61 Å². The summed E-state index contributed by atoms with van der Waals surface area (Å²) in [4.78, 5) is 4.08. The number of para-hydroxylation sites is 1. The van der Waals surface area contributed by atoms with Gasteiger partial charge in [0, 0.05) is 10.9 Å². The van der Waals surface area contributed by atoms with Crippen molar-refractivity contribution in [2.24, 2.45) is 5.10 Å². The Morgan fingerprint density at radius 3 is 2.85 bits per heavy atom. The third-order valence-electron chi connectivity index (χ3n) is 3.42. The first-order chi connectivity index (χ1) is 12.7. The van der Waals surface area contributed by atoms with Gasteiger partial charge in [-0.05, 0) is 35.9 Å². The summed E-state index contributed by atoms with van der Waals surface area (Å²) in [5, 5.41) is 7.11. The molecule has 1 heterocycles. The van der Waals surface area contributed by atoms with Crippen molar-refractivity contribution in [3.05, 3.63) is 64.0 Å². The van der Waals surface area contributed by atoms with E-state index in [4.69, 9.17) is 26.8 Å². The van der Waals surface area contributed by atoms with Gasteiger partial charge in [0.15, 0.2) is 0 Å². The van der Waals surface area contributed by atoms with Crippen LogP contribution in [0.1, 0.15) is 11.1 Å². The Bertz CT molecular complexity index is 914. The predicted molar refractivity (Wildman–Crippen MR) is 107 cm³/mol. The number of thiazole rings is 1. The molecular weight excluding hydrogens is 372 g/mol. The molecule has 0 unspecified atom stereocenters. The summed E-state index contributed by atoms with van der Waals surface area (Å²) in [6.07, 6.45) is 1.69. The fourth-order valence-corrected chi connectivity index (χ4v) is 2.95. The molecule has 0 atom stereocenters. The molecule has 3 aromatic rings. The number of nitrogens with one attached hydrogen (secondary N) is 1. The second-order valence-corrected chi connectivity index (χ2v) is 6.50. The van der Waals surface area contributed by atoms with Gasteiger partial charge >= 0.3 is 0 Å².